The molecule has 9 heteroatoms. The molecule has 0 aliphatic carbocycles. The van der Waals surface area contributed by atoms with Gasteiger partial charge in [0.1, 0.15) is 5.75 Å². The van der Waals surface area contributed by atoms with Crippen molar-refractivity contribution in [1.29, 1.82) is 0 Å². The van der Waals surface area contributed by atoms with Gasteiger partial charge in [-0.25, -0.2) is 14.6 Å². The van der Waals surface area contributed by atoms with Crippen molar-refractivity contribution in [3.05, 3.63) is 82.5 Å². The molecule has 3 aromatic rings. The Morgan fingerprint density at radius 2 is 2.10 bits per heavy atom. The van der Waals surface area contributed by atoms with Crippen LogP contribution >= 0.6 is 0 Å². The Morgan fingerprint density at radius 3 is 2.94 bits per heavy atom. The van der Waals surface area contributed by atoms with Crippen LogP contribution < -0.4 is 26.4 Å². The molecule has 0 fully saturated rings. The van der Waals surface area contributed by atoms with Gasteiger partial charge in [-0.2, -0.15) is 0 Å². The first-order chi connectivity index (χ1) is 15.0. The number of urea groups is 1. The molecule has 0 radical (unpaired) electrons. The second-order valence-electron chi connectivity index (χ2n) is 7.14. The zero-order valence-corrected chi connectivity index (χ0v) is 16.8. The number of hydrogen-bond donors (Lipinski definition) is 3. The number of hydrogen-bond acceptors (Lipinski definition) is 5. The van der Waals surface area contributed by atoms with Gasteiger partial charge in [0.2, 0.25) is 0 Å². The Labute approximate surface area is 178 Å². The monoisotopic (exact) mass is 419 g/mol. The van der Waals surface area contributed by atoms with E-state index in [0.29, 0.717) is 23.7 Å². The minimum Gasteiger partial charge on any atom is -0.482 e. The maximum Gasteiger partial charge on any atom is 0.347 e. The molecule has 0 bridgehead atoms. The van der Waals surface area contributed by atoms with Crippen molar-refractivity contribution in [3.63, 3.8) is 0 Å². The summed E-state index contributed by atoms with van der Waals surface area (Å²) in [7, 11) is 0. The zero-order chi connectivity index (χ0) is 21.8. The van der Waals surface area contributed by atoms with Gasteiger partial charge in [0.05, 0.1) is 18.3 Å². The fourth-order valence-electron chi connectivity index (χ4n) is 3.27. The number of carbonyl (C=O) groups excluding carboxylic acids is 2. The van der Waals surface area contributed by atoms with Crippen molar-refractivity contribution in [2.24, 2.45) is 0 Å². The van der Waals surface area contributed by atoms with Crippen LogP contribution in [-0.2, 0) is 11.3 Å². The molecule has 4 rings (SSSR count). The molecule has 0 saturated heterocycles. The number of benzene rings is 2. The average molecular weight is 419 g/mol. The van der Waals surface area contributed by atoms with Gasteiger partial charge in [0.25, 0.3) is 5.91 Å². The summed E-state index contributed by atoms with van der Waals surface area (Å²) in [6.45, 7) is 2.19. The van der Waals surface area contributed by atoms with Gasteiger partial charge < -0.3 is 20.7 Å². The van der Waals surface area contributed by atoms with Gasteiger partial charge in [-0.3, -0.25) is 9.36 Å². The third-order valence-corrected chi connectivity index (χ3v) is 4.80. The third kappa shape index (κ3) is 4.89. The molecule has 9 nitrogen and oxygen atoms in total. The summed E-state index contributed by atoms with van der Waals surface area (Å²) in [5.41, 5.74) is 2.53. The number of ether oxygens (including phenoxy) is 1. The molecule has 158 valence electrons. The topological polar surface area (TPSA) is 114 Å². The largest absolute Gasteiger partial charge is 0.482 e. The summed E-state index contributed by atoms with van der Waals surface area (Å²) in [6, 6.07) is 13.7. The maximum absolute atomic E-state index is 12.5. The second kappa shape index (κ2) is 8.70. The molecule has 0 saturated carbocycles. The highest BCUT2D eigenvalue weighted by Gasteiger charge is 2.18. The Kier molecular flexibility index (Phi) is 5.65. The van der Waals surface area contributed by atoms with Gasteiger partial charge in [-0.1, -0.05) is 18.2 Å². The standard InChI is InChI=1S/C22H21N5O4/c1-14(16-6-7-19-18(11-16)26-20(28)13-31-19)24-21(29)25-17-5-2-4-15(10-17)12-27-9-3-8-23-22(27)30/h2-11,14H,12-13H2,1H3,(H,26,28)(H2,24,25,29). The molecule has 2 aromatic carbocycles. The smallest absolute Gasteiger partial charge is 0.347 e. The summed E-state index contributed by atoms with van der Waals surface area (Å²) in [6.07, 6.45) is 3.11. The van der Waals surface area contributed by atoms with Crippen LogP contribution in [-0.4, -0.2) is 28.1 Å². The minimum absolute atomic E-state index is 0.00294. The van der Waals surface area contributed by atoms with Crippen LogP contribution in [0.25, 0.3) is 0 Å². The molecule has 1 aliphatic rings. The average Bonchev–Trinajstić information content (AvgIpc) is 2.75. The van der Waals surface area contributed by atoms with Gasteiger partial charge >= 0.3 is 11.7 Å². The molecule has 3 amide bonds. The number of carbonyl (C=O) groups is 2. The molecule has 31 heavy (non-hydrogen) atoms. The van der Waals surface area contributed by atoms with E-state index in [1.807, 2.05) is 25.1 Å². The molecular formula is C22H21N5O4. The summed E-state index contributed by atoms with van der Waals surface area (Å²) >= 11 is 0. The van der Waals surface area contributed by atoms with E-state index in [1.54, 1.807) is 36.5 Å². The van der Waals surface area contributed by atoms with E-state index in [4.69, 9.17) is 4.74 Å². The van der Waals surface area contributed by atoms with Crippen molar-refractivity contribution >= 4 is 23.3 Å². The molecule has 2 heterocycles. The van der Waals surface area contributed by atoms with Gasteiger partial charge in [0.15, 0.2) is 6.61 Å². The van der Waals surface area contributed by atoms with E-state index < -0.39 is 0 Å². The summed E-state index contributed by atoms with van der Waals surface area (Å²) in [5.74, 6) is 0.390. The lowest BCUT2D eigenvalue weighted by molar-refractivity contribution is -0.118. The van der Waals surface area contributed by atoms with E-state index in [1.165, 1.54) is 10.8 Å². The van der Waals surface area contributed by atoms with E-state index in [-0.39, 0.29) is 30.3 Å². The zero-order valence-electron chi connectivity index (χ0n) is 16.8. The highest BCUT2D eigenvalue weighted by Crippen LogP contribution is 2.30. The van der Waals surface area contributed by atoms with E-state index in [9.17, 15) is 14.4 Å². The van der Waals surface area contributed by atoms with Crippen LogP contribution in [0.5, 0.6) is 5.75 Å². The Balaban J connectivity index is 1.40. The van der Waals surface area contributed by atoms with Crippen molar-refractivity contribution in [2.45, 2.75) is 19.5 Å². The first-order valence-electron chi connectivity index (χ1n) is 9.72. The van der Waals surface area contributed by atoms with Crippen molar-refractivity contribution in [1.82, 2.24) is 14.9 Å². The van der Waals surface area contributed by atoms with Crippen LogP contribution in [0.3, 0.4) is 0 Å². The first kappa shape index (κ1) is 20.1. The number of aromatic nitrogens is 2. The number of fused-ring (bicyclic) bond motifs is 1. The molecule has 0 spiro atoms. The van der Waals surface area contributed by atoms with Crippen LogP contribution in [0.2, 0.25) is 0 Å². The van der Waals surface area contributed by atoms with E-state index >= 15 is 0 Å². The molecule has 1 aliphatic heterocycles. The highest BCUT2D eigenvalue weighted by molar-refractivity contribution is 5.95. The summed E-state index contributed by atoms with van der Waals surface area (Å²) in [4.78, 5) is 39.5. The van der Waals surface area contributed by atoms with Gasteiger partial charge in [-0.05, 0) is 48.4 Å². The minimum atomic E-state index is -0.374. The normalized spacial score (nSPS) is 13.4. The summed E-state index contributed by atoms with van der Waals surface area (Å²) in [5, 5.41) is 8.43. The Bertz CT molecular complexity index is 1190. The lowest BCUT2D eigenvalue weighted by Crippen LogP contribution is -2.31. The predicted molar refractivity (Wildman–Crippen MR) is 115 cm³/mol. The highest BCUT2D eigenvalue weighted by atomic mass is 16.5. The number of amides is 3. The molecular weight excluding hydrogens is 398 g/mol. The maximum atomic E-state index is 12.5. The predicted octanol–water partition coefficient (Wildman–Crippen LogP) is 2.51. The molecule has 3 N–H and O–H groups in total. The van der Waals surface area contributed by atoms with Crippen molar-refractivity contribution in [3.8, 4) is 5.75 Å². The Morgan fingerprint density at radius 1 is 1.23 bits per heavy atom. The quantitative estimate of drug-likeness (QED) is 0.588. The lowest BCUT2D eigenvalue weighted by atomic mass is 10.1. The number of nitrogens with one attached hydrogen (secondary N) is 3. The number of anilines is 2. The van der Waals surface area contributed by atoms with E-state index in [0.717, 1.165) is 11.1 Å². The van der Waals surface area contributed by atoms with Crippen LogP contribution in [0.15, 0.2) is 65.7 Å². The lowest BCUT2D eigenvalue weighted by Gasteiger charge is -2.21. The van der Waals surface area contributed by atoms with Gasteiger partial charge in [-0.15, -0.1) is 0 Å². The SMILES string of the molecule is CC(NC(=O)Nc1cccc(Cn2cccnc2=O)c1)c1ccc2c(c1)NC(=O)CO2. The van der Waals surface area contributed by atoms with Crippen LogP contribution in [0.4, 0.5) is 16.2 Å². The third-order valence-electron chi connectivity index (χ3n) is 4.80. The van der Waals surface area contributed by atoms with Gasteiger partial charge in [0, 0.05) is 18.1 Å². The molecule has 1 atom stereocenters. The number of rotatable bonds is 5. The number of nitrogens with zero attached hydrogens (tertiary/aromatic N) is 2. The first-order valence-corrected chi connectivity index (χ1v) is 9.72. The fraction of sp³-hybridized carbons (Fsp3) is 0.182. The van der Waals surface area contributed by atoms with Crippen molar-refractivity contribution in [2.75, 3.05) is 17.2 Å². The molecule has 1 aromatic heterocycles. The van der Waals surface area contributed by atoms with Crippen molar-refractivity contribution < 1.29 is 14.3 Å². The Hall–Kier alpha value is -4.14. The van der Waals surface area contributed by atoms with E-state index in [2.05, 4.69) is 20.9 Å². The van der Waals surface area contributed by atoms with Crippen LogP contribution in [0, 0.1) is 0 Å². The van der Waals surface area contributed by atoms with Crippen LogP contribution in [0.1, 0.15) is 24.1 Å². The summed E-state index contributed by atoms with van der Waals surface area (Å²) < 4.78 is 6.84. The fourth-order valence-corrected chi connectivity index (χ4v) is 3.27. The molecule has 1 unspecified atom stereocenters. The second-order valence-corrected chi connectivity index (χ2v) is 7.14.